The molecule has 2 amide bonds. The molecule has 0 bridgehead atoms. The number of nitrogens with zero attached hydrogens (tertiary/aromatic N) is 1. The van der Waals surface area contributed by atoms with Crippen molar-refractivity contribution in [3.05, 3.63) is 59.7 Å². The zero-order valence-corrected chi connectivity index (χ0v) is 14.2. The molecule has 0 radical (unpaired) electrons. The van der Waals surface area contributed by atoms with Crippen LogP contribution in [0.2, 0.25) is 0 Å². The fraction of sp³-hybridized carbons (Fsp3) is 0.263. The second-order valence-electron chi connectivity index (χ2n) is 6.10. The van der Waals surface area contributed by atoms with Gasteiger partial charge in [0.2, 0.25) is 11.8 Å². The maximum atomic E-state index is 13.4. The first-order valence-corrected chi connectivity index (χ1v) is 8.16. The van der Waals surface area contributed by atoms with Gasteiger partial charge in [0.1, 0.15) is 24.0 Å². The largest absolute Gasteiger partial charge is 0.492 e. The number of benzene rings is 2. The lowest BCUT2D eigenvalue weighted by Gasteiger charge is -2.28. The maximum absolute atomic E-state index is 13.4. The van der Waals surface area contributed by atoms with Crippen LogP contribution in [0.15, 0.2) is 42.5 Å². The normalized spacial score (nSPS) is 15.8. The van der Waals surface area contributed by atoms with Crippen LogP contribution in [-0.4, -0.2) is 36.9 Å². The summed E-state index contributed by atoms with van der Waals surface area (Å²) >= 11 is 0. The Hall–Kier alpha value is -2.96. The van der Waals surface area contributed by atoms with Crippen LogP contribution in [0, 0.1) is 11.6 Å². The van der Waals surface area contributed by atoms with Crippen molar-refractivity contribution >= 4 is 17.5 Å². The van der Waals surface area contributed by atoms with E-state index in [4.69, 9.17) is 4.74 Å². The Bertz CT molecular complexity index is 824. The first-order chi connectivity index (χ1) is 12.4. The Morgan fingerprint density at radius 3 is 2.62 bits per heavy atom. The lowest BCUT2D eigenvalue weighted by molar-refractivity contribution is -0.134. The van der Waals surface area contributed by atoms with E-state index in [2.05, 4.69) is 5.32 Å². The first-order valence-electron chi connectivity index (χ1n) is 8.16. The van der Waals surface area contributed by atoms with Gasteiger partial charge >= 0.3 is 0 Å². The van der Waals surface area contributed by atoms with Crippen LogP contribution in [0.3, 0.4) is 0 Å². The van der Waals surface area contributed by atoms with E-state index in [0.29, 0.717) is 23.5 Å². The van der Waals surface area contributed by atoms with Crippen molar-refractivity contribution in [3.8, 4) is 5.75 Å². The molecule has 3 rings (SSSR count). The molecule has 7 heteroatoms. The van der Waals surface area contributed by atoms with Gasteiger partial charge in [0, 0.05) is 19.2 Å². The number of amides is 2. The van der Waals surface area contributed by atoms with E-state index < -0.39 is 11.7 Å². The van der Waals surface area contributed by atoms with Crippen LogP contribution < -0.4 is 10.1 Å². The fourth-order valence-corrected chi connectivity index (χ4v) is 2.87. The number of halogens is 2. The first kappa shape index (κ1) is 17.8. The van der Waals surface area contributed by atoms with E-state index >= 15 is 0 Å². The molecule has 5 nitrogen and oxygen atoms in total. The van der Waals surface area contributed by atoms with Crippen LogP contribution in [-0.2, 0) is 9.59 Å². The molecular formula is C19H18F2N2O3. The Morgan fingerprint density at radius 2 is 1.88 bits per heavy atom. The van der Waals surface area contributed by atoms with Crippen molar-refractivity contribution in [2.75, 3.05) is 25.5 Å². The molecular weight excluding hydrogens is 342 g/mol. The van der Waals surface area contributed by atoms with Crippen LogP contribution >= 0.6 is 0 Å². The number of likely N-dealkylation sites (N-methyl/N-ethyl adjacent to an activating group) is 1. The van der Waals surface area contributed by atoms with Gasteiger partial charge < -0.3 is 15.0 Å². The summed E-state index contributed by atoms with van der Waals surface area (Å²) in [6, 6.07) is 9.61. The van der Waals surface area contributed by atoms with Crippen molar-refractivity contribution in [2.45, 2.75) is 12.3 Å². The molecule has 1 aliphatic rings. The van der Waals surface area contributed by atoms with Gasteiger partial charge in [-0.25, -0.2) is 8.78 Å². The Balaban J connectivity index is 1.63. The Kier molecular flexibility index (Phi) is 5.16. The van der Waals surface area contributed by atoms with Crippen LogP contribution in [0.25, 0.3) is 0 Å². The van der Waals surface area contributed by atoms with E-state index in [9.17, 15) is 18.4 Å². The molecule has 1 unspecified atom stereocenters. The quantitative estimate of drug-likeness (QED) is 0.892. The van der Waals surface area contributed by atoms with E-state index in [-0.39, 0.29) is 30.7 Å². The highest BCUT2D eigenvalue weighted by atomic mass is 19.1. The average Bonchev–Trinajstić information content (AvgIpc) is 2.61. The second-order valence-corrected chi connectivity index (χ2v) is 6.10. The highest BCUT2D eigenvalue weighted by molar-refractivity contribution is 6.01. The summed E-state index contributed by atoms with van der Waals surface area (Å²) in [4.78, 5) is 26.0. The number of carbonyl (C=O) groups excluding carboxylic acids is 2. The van der Waals surface area contributed by atoms with Crippen molar-refractivity contribution in [2.24, 2.45) is 0 Å². The van der Waals surface area contributed by atoms with Gasteiger partial charge in [-0.2, -0.15) is 0 Å². The van der Waals surface area contributed by atoms with E-state index in [1.165, 1.54) is 47.4 Å². The zero-order chi connectivity index (χ0) is 18.7. The molecule has 136 valence electrons. The maximum Gasteiger partial charge on any atom is 0.230 e. The number of hydrogen-bond acceptors (Lipinski definition) is 3. The van der Waals surface area contributed by atoms with Gasteiger partial charge in [0.15, 0.2) is 0 Å². The number of rotatable bonds is 5. The van der Waals surface area contributed by atoms with Gasteiger partial charge in [-0.1, -0.05) is 6.07 Å². The lowest BCUT2D eigenvalue weighted by atomic mass is 9.89. The number of hydrogen-bond donors (Lipinski definition) is 1. The number of nitrogens with one attached hydrogen (secondary N) is 1. The monoisotopic (exact) mass is 360 g/mol. The number of fused-ring (bicyclic) bond motifs is 1. The average molecular weight is 360 g/mol. The van der Waals surface area contributed by atoms with E-state index in [1.54, 1.807) is 7.05 Å². The molecule has 0 saturated heterocycles. The third kappa shape index (κ3) is 3.99. The van der Waals surface area contributed by atoms with Gasteiger partial charge in [0.25, 0.3) is 0 Å². The Morgan fingerprint density at radius 1 is 1.19 bits per heavy atom. The van der Waals surface area contributed by atoms with Crippen molar-refractivity contribution in [1.82, 2.24) is 4.90 Å². The highest BCUT2D eigenvalue weighted by Crippen LogP contribution is 2.33. The van der Waals surface area contributed by atoms with Crippen LogP contribution in [0.4, 0.5) is 14.5 Å². The van der Waals surface area contributed by atoms with Crippen LogP contribution in [0.1, 0.15) is 17.9 Å². The standard InChI is InChI=1S/C19H18F2N2O3/c1-23(8-9-26-14-5-2-12(20)3-6-14)19(25)16-11-18(24)22-17-10-13(21)4-7-15(16)17/h2-7,10,16H,8-9,11H2,1H3,(H,22,24). The van der Waals surface area contributed by atoms with Crippen LogP contribution in [0.5, 0.6) is 5.75 Å². The summed E-state index contributed by atoms with van der Waals surface area (Å²) in [5.41, 5.74) is 0.929. The SMILES string of the molecule is CN(CCOc1ccc(F)cc1)C(=O)C1CC(=O)Nc2cc(F)ccc21. The molecule has 0 aromatic heterocycles. The fourth-order valence-electron chi connectivity index (χ4n) is 2.87. The number of ether oxygens (including phenoxy) is 1. The van der Waals surface area contributed by atoms with E-state index in [1.807, 2.05) is 0 Å². The van der Waals surface area contributed by atoms with Crippen molar-refractivity contribution in [1.29, 1.82) is 0 Å². The molecule has 1 heterocycles. The summed E-state index contributed by atoms with van der Waals surface area (Å²) < 4.78 is 31.7. The predicted molar refractivity (Wildman–Crippen MR) is 91.9 cm³/mol. The zero-order valence-electron chi connectivity index (χ0n) is 14.2. The summed E-state index contributed by atoms with van der Waals surface area (Å²) in [6.07, 6.45) is 0.0145. The molecule has 2 aromatic carbocycles. The van der Waals surface area contributed by atoms with Gasteiger partial charge in [-0.05, 0) is 42.0 Å². The molecule has 2 aromatic rings. The molecule has 1 atom stereocenters. The van der Waals surface area contributed by atoms with Crippen molar-refractivity contribution < 1.29 is 23.1 Å². The molecule has 0 spiro atoms. The summed E-state index contributed by atoms with van der Waals surface area (Å²) in [5, 5.41) is 2.59. The number of anilines is 1. The van der Waals surface area contributed by atoms with Crippen molar-refractivity contribution in [3.63, 3.8) is 0 Å². The minimum Gasteiger partial charge on any atom is -0.492 e. The molecule has 0 fully saturated rings. The lowest BCUT2D eigenvalue weighted by Crippen LogP contribution is -2.38. The predicted octanol–water partition coefficient (Wildman–Crippen LogP) is 2.93. The minimum absolute atomic E-state index is 0.0145. The van der Waals surface area contributed by atoms with Gasteiger partial charge in [-0.15, -0.1) is 0 Å². The summed E-state index contributed by atoms with van der Waals surface area (Å²) in [7, 11) is 1.62. The second kappa shape index (κ2) is 7.51. The Labute approximate surface area is 149 Å². The third-order valence-corrected chi connectivity index (χ3v) is 4.24. The van der Waals surface area contributed by atoms with E-state index in [0.717, 1.165) is 0 Å². The number of carbonyl (C=O) groups is 2. The molecule has 1 N–H and O–H groups in total. The highest BCUT2D eigenvalue weighted by Gasteiger charge is 2.32. The van der Waals surface area contributed by atoms with Gasteiger partial charge in [-0.3, -0.25) is 9.59 Å². The minimum atomic E-state index is -0.657. The third-order valence-electron chi connectivity index (χ3n) is 4.24. The topological polar surface area (TPSA) is 58.6 Å². The van der Waals surface area contributed by atoms with Gasteiger partial charge in [0.05, 0.1) is 12.5 Å². The summed E-state index contributed by atoms with van der Waals surface area (Å²) in [6.45, 7) is 0.522. The smallest absolute Gasteiger partial charge is 0.230 e. The summed E-state index contributed by atoms with van der Waals surface area (Å²) in [5.74, 6) is -1.54. The molecule has 1 aliphatic heterocycles. The molecule has 0 saturated carbocycles. The molecule has 0 aliphatic carbocycles. The molecule has 26 heavy (non-hydrogen) atoms.